The highest BCUT2D eigenvalue weighted by atomic mass is 35.5. The summed E-state index contributed by atoms with van der Waals surface area (Å²) in [6.45, 7) is 3.58. The van der Waals surface area contributed by atoms with E-state index in [0.29, 0.717) is 30.6 Å². The number of carboxylic acid groups (broad SMARTS) is 1. The number of rotatable bonds is 3. The molecule has 20 heavy (non-hydrogen) atoms. The number of carbonyl (C=O) groups is 1. The second-order valence-corrected chi connectivity index (χ2v) is 5.71. The van der Waals surface area contributed by atoms with E-state index in [2.05, 4.69) is 14.9 Å². The quantitative estimate of drug-likeness (QED) is 0.682. The summed E-state index contributed by atoms with van der Waals surface area (Å²) in [6, 6.07) is 0.0933. The van der Waals surface area contributed by atoms with Gasteiger partial charge in [-0.1, -0.05) is 18.5 Å². The summed E-state index contributed by atoms with van der Waals surface area (Å²) < 4.78 is 0. The number of amides is 1. The van der Waals surface area contributed by atoms with E-state index in [-0.39, 0.29) is 6.04 Å². The van der Waals surface area contributed by atoms with Gasteiger partial charge in [-0.25, -0.2) is 14.8 Å². The Labute approximate surface area is 127 Å². The van der Waals surface area contributed by atoms with Crippen LogP contribution in [0.4, 0.5) is 10.7 Å². The molecular weight excluding hydrogens is 300 g/mol. The maximum atomic E-state index is 11.1. The fraction of sp³-hybridized carbons (Fsp3) is 0.583. The molecule has 1 fully saturated rings. The van der Waals surface area contributed by atoms with Gasteiger partial charge in [0.1, 0.15) is 5.03 Å². The van der Waals surface area contributed by atoms with Gasteiger partial charge in [-0.2, -0.15) is 0 Å². The van der Waals surface area contributed by atoms with Crippen LogP contribution in [0.5, 0.6) is 0 Å². The van der Waals surface area contributed by atoms with Crippen LogP contribution in [0.2, 0.25) is 5.02 Å². The lowest BCUT2D eigenvalue weighted by molar-refractivity contribution is 0.134. The van der Waals surface area contributed by atoms with Crippen LogP contribution in [-0.4, -0.2) is 58.0 Å². The number of anilines is 1. The van der Waals surface area contributed by atoms with Crippen LogP contribution in [0.25, 0.3) is 0 Å². The van der Waals surface area contributed by atoms with Crippen LogP contribution in [0, 0.1) is 0 Å². The topological polar surface area (TPSA) is 69.6 Å². The Kier molecular flexibility index (Phi) is 4.93. The summed E-state index contributed by atoms with van der Waals surface area (Å²) in [6.07, 6.45) is 3.48. The third-order valence-electron chi connectivity index (χ3n) is 3.37. The summed E-state index contributed by atoms with van der Waals surface area (Å²) in [7, 11) is 0. The molecule has 0 aliphatic carbocycles. The molecule has 1 aromatic rings. The van der Waals surface area contributed by atoms with Crippen molar-refractivity contribution in [1.29, 1.82) is 0 Å². The van der Waals surface area contributed by atoms with E-state index in [4.69, 9.17) is 16.7 Å². The third kappa shape index (κ3) is 3.09. The molecule has 0 radical (unpaired) electrons. The molecule has 0 saturated carbocycles. The van der Waals surface area contributed by atoms with Crippen molar-refractivity contribution in [3.8, 4) is 0 Å². The molecule has 0 spiro atoms. The molecule has 0 bridgehead atoms. The van der Waals surface area contributed by atoms with Gasteiger partial charge in [-0.15, -0.1) is 11.8 Å². The zero-order chi connectivity index (χ0) is 14.7. The molecule has 1 aliphatic heterocycles. The fourth-order valence-electron chi connectivity index (χ4n) is 2.27. The van der Waals surface area contributed by atoms with Gasteiger partial charge >= 0.3 is 6.09 Å². The first-order chi connectivity index (χ1) is 9.56. The Bertz CT molecular complexity index is 502. The van der Waals surface area contributed by atoms with Gasteiger partial charge in [0.05, 0.1) is 11.2 Å². The second-order valence-electron chi connectivity index (χ2n) is 4.51. The highest BCUT2D eigenvalue weighted by Crippen LogP contribution is 2.26. The van der Waals surface area contributed by atoms with Crippen molar-refractivity contribution >= 4 is 35.4 Å². The summed E-state index contributed by atoms with van der Waals surface area (Å²) in [5.41, 5.74) is 0. The first-order valence-corrected chi connectivity index (χ1v) is 7.98. The minimum absolute atomic E-state index is 0.0933. The van der Waals surface area contributed by atoms with E-state index in [0.717, 1.165) is 11.4 Å². The lowest BCUT2D eigenvalue weighted by Crippen LogP contribution is -2.55. The van der Waals surface area contributed by atoms with Crippen molar-refractivity contribution in [2.24, 2.45) is 0 Å². The molecule has 1 amide bonds. The van der Waals surface area contributed by atoms with Crippen molar-refractivity contribution in [3.63, 3.8) is 0 Å². The Morgan fingerprint density at radius 3 is 2.95 bits per heavy atom. The Morgan fingerprint density at radius 1 is 1.60 bits per heavy atom. The molecule has 110 valence electrons. The first kappa shape index (κ1) is 15.2. The SMILES string of the molecule is CC[C@H]1CN(C(=O)O)CCN1c1ncc(Cl)c(SC)n1. The van der Waals surface area contributed by atoms with Crippen molar-refractivity contribution < 1.29 is 9.90 Å². The van der Waals surface area contributed by atoms with Gasteiger partial charge in [0.2, 0.25) is 5.95 Å². The largest absolute Gasteiger partial charge is 0.465 e. The summed E-state index contributed by atoms with van der Waals surface area (Å²) in [4.78, 5) is 23.3. The molecule has 6 nitrogen and oxygen atoms in total. The molecule has 1 atom stereocenters. The number of hydrogen-bond donors (Lipinski definition) is 1. The highest BCUT2D eigenvalue weighted by Gasteiger charge is 2.30. The molecule has 1 aromatic heterocycles. The van der Waals surface area contributed by atoms with E-state index < -0.39 is 6.09 Å². The zero-order valence-corrected chi connectivity index (χ0v) is 13.0. The van der Waals surface area contributed by atoms with Crippen LogP contribution < -0.4 is 4.90 Å². The molecule has 1 saturated heterocycles. The average Bonchev–Trinajstić information content (AvgIpc) is 2.47. The van der Waals surface area contributed by atoms with Crippen molar-refractivity contribution in [1.82, 2.24) is 14.9 Å². The smallest absolute Gasteiger partial charge is 0.407 e. The monoisotopic (exact) mass is 316 g/mol. The second kappa shape index (κ2) is 6.49. The molecule has 1 N–H and O–H groups in total. The number of aromatic nitrogens is 2. The molecule has 2 heterocycles. The average molecular weight is 317 g/mol. The van der Waals surface area contributed by atoms with Crippen LogP contribution in [0.3, 0.4) is 0 Å². The van der Waals surface area contributed by atoms with E-state index in [1.165, 1.54) is 16.7 Å². The Balaban J connectivity index is 2.21. The molecule has 1 aliphatic rings. The van der Waals surface area contributed by atoms with Gasteiger partial charge in [0.15, 0.2) is 0 Å². The van der Waals surface area contributed by atoms with Crippen LogP contribution in [-0.2, 0) is 0 Å². The van der Waals surface area contributed by atoms with Gasteiger partial charge in [0.25, 0.3) is 0 Å². The van der Waals surface area contributed by atoms with Gasteiger partial charge in [-0.05, 0) is 12.7 Å². The maximum Gasteiger partial charge on any atom is 0.407 e. The van der Waals surface area contributed by atoms with E-state index in [1.807, 2.05) is 13.2 Å². The minimum atomic E-state index is -0.870. The molecule has 0 unspecified atom stereocenters. The normalized spacial score (nSPS) is 19.2. The van der Waals surface area contributed by atoms with Crippen LogP contribution in [0.1, 0.15) is 13.3 Å². The van der Waals surface area contributed by atoms with Crippen LogP contribution >= 0.6 is 23.4 Å². The molecule has 8 heteroatoms. The van der Waals surface area contributed by atoms with Gasteiger partial charge in [0, 0.05) is 25.7 Å². The van der Waals surface area contributed by atoms with E-state index in [9.17, 15) is 4.79 Å². The van der Waals surface area contributed by atoms with E-state index >= 15 is 0 Å². The van der Waals surface area contributed by atoms with Gasteiger partial charge in [-0.3, -0.25) is 0 Å². The lowest BCUT2D eigenvalue weighted by Gasteiger charge is -2.40. The van der Waals surface area contributed by atoms with Gasteiger partial charge < -0.3 is 14.9 Å². The lowest BCUT2D eigenvalue weighted by atomic mass is 10.1. The summed E-state index contributed by atoms with van der Waals surface area (Å²) in [5, 5.41) is 10.4. The third-order valence-corrected chi connectivity index (χ3v) is 4.46. The summed E-state index contributed by atoms with van der Waals surface area (Å²) in [5.74, 6) is 0.621. The number of hydrogen-bond acceptors (Lipinski definition) is 5. The minimum Gasteiger partial charge on any atom is -0.465 e. The number of halogens is 1. The van der Waals surface area contributed by atoms with Crippen molar-refractivity contribution in [2.45, 2.75) is 24.4 Å². The number of piperazine rings is 1. The molecular formula is C12H17ClN4O2S. The highest BCUT2D eigenvalue weighted by molar-refractivity contribution is 7.98. The Morgan fingerprint density at radius 2 is 2.35 bits per heavy atom. The zero-order valence-electron chi connectivity index (χ0n) is 11.4. The van der Waals surface area contributed by atoms with Crippen LogP contribution in [0.15, 0.2) is 11.2 Å². The maximum absolute atomic E-state index is 11.1. The fourth-order valence-corrected chi connectivity index (χ4v) is 3.01. The first-order valence-electron chi connectivity index (χ1n) is 6.37. The number of nitrogens with zero attached hydrogens (tertiary/aromatic N) is 4. The molecule has 2 rings (SSSR count). The van der Waals surface area contributed by atoms with E-state index in [1.54, 1.807) is 6.20 Å². The Hall–Kier alpha value is -1.21. The van der Waals surface area contributed by atoms with Crippen molar-refractivity contribution in [3.05, 3.63) is 11.2 Å². The predicted octanol–water partition coefficient (Wildman–Crippen LogP) is 2.43. The molecule has 0 aromatic carbocycles. The van der Waals surface area contributed by atoms with Crippen molar-refractivity contribution in [2.75, 3.05) is 30.8 Å². The standard InChI is InChI=1S/C12H17ClN4O2S/c1-3-8-7-16(12(18)19)4-5-17(8)11-14-6-9(13)10(15-11)20-2/h6,8H,3-5,7H2,1-2H3,(H,18,19)/t8-/m0/s1. The summed E-state index contributed by atoms with van der Waals surface area (Å²) >= 11 is 7.49. The predicted molar refractivity (Wildman–Crippen MR) is 79.8 cm³/mol. The number of thioether (sulfide) groups is 1.